The zero-order valence-electron chi connectivity index (χ0n) is 16.9. The van der Waals surface area contributed by atoms with Crippen LogP contribution in [0.3, 0.4) is 0 Å². The maximum atomic E-state index is 12.0. The number of rotatable bonds is 1. The number of nitro benzene ring substituents is 1. The van der Waals surface area contributed by atoms with Crippen LogP contribution in [0.2, 0.25) is 0 Å². The molecule has 2 aromatic rings. The number of nitro groups is 1. The zero-order valence-corrected chi connectivity index (χ0v) is 16.9. The van der Waals surface area contributed by atoms with Crippen LogP contribution in [-0.4, -0.2) is 29.7 Å². The molecule has 0 unspecified atom stereocenters. The number of nitrogens with one attached hydrogen (secondary N) is 1. The highest BCUT2D eigenvalue weighted by atomic mass is 16.6. The van der Waals surface area contributed by atoms with Crippen molar-refractivity contribution in [3.8, 4) is 0 Å². The van der Waals surface area contributed by atoms with Gasteiger partial charge < -0.3 is 15.8 Å². The highest BCUT2D eigenvalue weighted by molar-refractivity contribution is 5.91. The first-order chi connectivity index (χ1) is 13.6. The molecule has 2 aliphatic heterocycles. The lowest BCUT2D eigenvalue weighted by Gasteiger charge is -2.24. The van der Waals surface area contributed by atoms with Gasteiger partial charge in [-0.15, -0.1) is 0 Å². The molecular weight excluding hydrogens is 372 g/mol. The maximum absolute atomic E-state index is 12.0. The lowest BCUT2D eigenvalue weighted by Crippen LogP contribution is -2.35. The van der Waals surface area contributed by atoms with Crippen LogP contribution < -0.4 is 16.0 Å². The van der Waals surface area contributed by atoms with E-state index in [1.54, 1.807) is 17.0 Å². The summed E-state index contributed by atoms with van der Waals surface area (Å²) in [5.41, 5.74) is 10.2. The van der Waals surface area contributed by atoms with Gasteiger partial charge in [0.15, 0.2) is 0 Å². The van der Waals surface area contributed by atoms with Crippen LogP contribution in [0, 0.1) is 10.1 Å². The van der Waals surface area contributed by atoms with Crippen molar-refractivity contribution in [3.63, 3.8) is 0 Å². The second-order valence-electron chi connectivity index (χ2n) is 8.05. The van der Waals surface area contributed by atoms with Crippen LogP contribution in [-0.2, 0) is 17.6 Å². The van der Waals surface area contributed by atoms with Gasteiger partial charge in [-0.05, 0) is 56.9 Å². The van der Waals surface area contributed by atoms with E-state index in [9.17, 15) is 14.9 Å². The standard InChI is InChI=1S/C13H18N2O2.C8H8N2O2/c1-13(2,3)17-12(16)15-7-6-9-4-5-10(14)8-11(9)15;11-10(12)7-2-1-6-3-4-9-8(6)5-7/h4-5,8H,6-7,14H2,1-3H3;1-2,5,9H,3-4H2. The molecule has 8 nitrogen and oxygen atoms in total. The molecule has 1 amide bonds. The van der Waals surface area contributed by atoms with E-state index < -0.39 is 5.60 Å². The van der Waals surface area contributed by atoms with Crippen molar-refractivity contribution in [2.75, 3.05) is 29.0 Å². The molecular formula is C21H26N4O4. The number of hydrogen-bond acceptors (Lipinski definition) is 6. The fraction of sp³-hybridized carbons (Fsp3) is 0.381. The number of anilines is 3. The first kappa shape index (κ1) is 20.4. The van der Waals surface area contributed by atoms with Crippen LogP contribution in [0.4, 0.5) is 27.5 Å². The molecule has 154 valence electrons. The second-order valence-corrected chi connectivity index (χ2v) is 8.05. The van der Waals surface area contributed by atoms with Gasteiger partial charge in [-0.1, -0.05) is 12.1 Å². The van der Waals surface area contributed by atoms with Crippen molar-refractivity contribution in [3.05, 3.63) is 57.6 Å². The molecule has 0 bridgehead atoms. The SMILES string of the molecule is CC(C)(C)OC(=O)N1CCc2ccc(N)cc21.O=[N+]([O-])c1ccc2c(c1)NCC2. The number of hydrogen-bond donors (Lipinski definition) is 2. The first-order valence-corrected chi connectivity index (χ1v) is 9.54. The van der Waals surface area contributed by atoms with Crippen molar-refractivity contribution < 1.29 is 14.5 Å². The van der Waals surface area contributed by atoms with E-state index in [2.05, 4.69) is 5.32 Å². The number of benzene rings is 2. The molecule has 2 aliphatic rings. The van der Waals surface area contributed by atoms with Crippen molar-refractivity contribution in [1.29, 1.82) is 0 Å². The molecule has 4 rings (SSSR count). The topological polar surface area (TPSA) is 111 Å². The molecule has 0 saturated carbocycles. The highest BCUT2D eigenvalue weighted by Gasteiger charge is 2.28. The number of nitrogens with two attached hydrogens (primary N) is 1. The molecule has 0 aromatic heterocycles. The van der Waals surface area contributed by atoms with Gasteiger partial charge in [-0.25, -0.2) is 4.79 Å². The number of carbonyl (C=O) groups excluding carboxylic acids is 1. The molecule has 2 aromatic carbocycles. The quantitative estimate of drug-likeness (QED) is 0.424. The Morgan fingerprint density at radius 1 is 1.17 bits per heavy atom. The van der Waals surface area contributed by atoms with Gasteiger partial charge in [-0.2, -0.15) is 0 Å². The Morgan fingerprint density at radius 2 is 1.90 bits per heavy atom. The number of non-ortho nitro benzene ring substituents is 1. The highest BCUT2D eigenvalue weighted by Crippen LogP contribution is 2.31. The fourth-order valence-electron chi connectivity index (χ4n) is 3.30. The zero-order chi connectivity index (χ0) is 21.2. The lowest BCUT2D eigenvalue weighted by molar-refractivity contribution is -0.384. The molecule has 2 heterocycles. The van der Waals surface area contributed by atoms with Gasteiger partial charge in [0.05, 0.1) is 10.6 Å². The van der Waals surface area contributed by atoms with Gasteiger partial charge in [0.2, 0.25) is 0 Å². The molecule has 0 aliphatic carbocycles. The van der Waals surface area contributed by atoms with Gasteiger partial charge in [0.25, 0.3) is 5.69 Å². The summed E-state index contributed by atoms with van der Waals surface area (Å²) in [6.07, 6.45) is 1.52. The number of carbonyl (C=O) groups is 1. The van der Waals surface area contributed by atoms with E-state index in [0.717, 1.165) is 36.3 Å². The molecule has 8 heteroatoms. The Labute approximate surface area is 169 Å². The number of amides is 1. The molecule has 0 spiro atoms. The third-order valence-electron chi connectivity index (χ3n) is 4.63. The second kappa shape index (κ2) is 7.98. The Hall–Kier alpha value is -3.29. The third-order valence-corrected chi connectivity index (χ3v) is 4.63. The molecule has 0 atom stereocenters. The molecule has 3 N–H and O–H groups in total. The molecule has 0 saturated heterocycles. The first-order valence-electron chi connectivity index (χ1n) is 9.54. The minimum absolute atomic E-state index is 0.156. The van der Waals surface area contributed by atoms with Crippen LogP contribution in [0.25, 0.3) is 0 Å². The van der Waals surface area contributed by atoms with Crippen molar-refractivity contribution in [2.24, 2.45) is 0 Å². The van der Waals surface area contributed by atoms with E-state index in [1.165, 1.54) is 5.56 Å². The van der Waals surface area contributed by atoms with Gasteiger partial charge in [0.1, 0.15) is 5.60 Å². The van der Waals surface area contributed by atoms with Crippen molar-refractivity contribution in [2.45, 2.75) is 39.2 Å². The van der Waals surface area contributed by atoms with E-state index in [-0.39, 0.29) is 16.7 Å². The number of nitrogens with zero attached hydrogens (tertiary/aromatic N) is 2. The summed E-state index contributed by atoms with van der Waals surface area (Å²) in [5, 5.41) is 13.5. The maximum Gasteiger partial charge on any atom is 0.414 e. The Bertz CT molecular complexity index is 937. The van der Waals surface area contributed by atoms with Crippen molar-refractivity contribution in [1.82, 2.24) is 0 Å². The van der Waals surface area contributed by atoms with Crippen LogP contribution in [0.15, 0.2) is 36.4 Å². The van der Waals surface area contributed by atoms with Gasteiger partial charge in [0, 0.05) is 36.6 Å². The third kappa shape index (κ3) is 4.96. The monoisotopic (exact) mass is 398 g/mol. The summed E-state index contributed by atoms with van der Waals surface area (Å²) in [6.45, 7) is 7.13. The predicted octanol–water partition coefficient (Wildman–Crippen LogP) is 4.13. The molecule has 29 heavy (non-hydrogen) atoms. The molecule has 0 radical (unpaired) electrons. The largest absolute Gasteiger partial charge is 0.443 e. The summed E-state index contributed by atoms with van der Waals surface area (Å²) in [5.74, 6) is 0. The van der Waals surface area contributed by atoms with Crippen LogP contribution >= 0.6 is 0 Å². The normalized spacial score (nSPS) is 14.2. The Balaban J connectivity index is 0.000000176. The average molecular weight is 398 g/mol. The summed E-state index contributed by atoms with van der Waals surface area (Å²) in [4.78, 5) is 23.7. The summed E-state index contributed by atoms with van der Waals surface area (Å²) in [6, 6.07) is 10.6. The number of nitrogen functional groups attached to an aromatic ring is 1. The van der Waals surface area contributed by atoms with Crippen LogP contribution in [0.5, 0.6) is 0 Å². The Kier molecular flexibility index (Phi) is 5.63. The minimum Gasteiger partial charge on any atom is -0.443 e. The fourth-order valence-corrected chi connectivity index (χ4v) is 3.30. The molecule has 0 fully saturated rings. The summed E-state index contributed by atoms with van der Waals surface area (Å²) in [7, 11) is 0. The Morgan fingerprint density at radius 3 is 2.59 bits per heavy atom. The predicted molar refractivity (Wildman–Crippen MR) is 113 cm³/mol. The number of fused-ring (bicyclic) bond motifs is 2. The van der Waals surface area contributed by atoms with Gasteiger partial charge in [-0.3, -0.25) is 15.0 Å². The van der Waals surface area contributed by atoms with E-state index >= 15 is 0 Å². The lowest BCUT2D eigenvalue weighted by atomic mass is 10.1. The van der Waals surface area contributed by atoms with E-state index in [0.29, 0.717) is 12.2 Å². The van der Waals surface area contributed by atoms with Crippen LogP contribution in [0.1, 0.15) is 31.9 Å². The smallest absolute Gasteiger partial charge is 0.414 e. The van der Waals surface area contributed by atoms with E-state index in [4.69, 9.17) is 10.5 Å². The summed E-state index contributed by atoms with van der Waals surface area (Å²) >= 11 is 0. The van der Waals surface area contributed by atoms with Gasteiger partial charge >= 0.3 is 6.09 Å². The van der Waals surface area contributed by atoms with E-state index in [1.807, 2.05) is 45.0 Å². The summed E-state index contributed by atoms with van der Waals surface area (Å²) < 4.78 is 5.36. The van der Waals surface area contributed by atoms with Crippen molar-refractivity contribution >= 4 is 28.8 Å². The number of ether oxygens (including phenoxy) is 1. The average Bonchev–Trinajstić information content (AvgIpc) is 3.26. The minimum atomic E-state index is -0.472.